The van der Waals surface area contributed by atoms with Crippen molar-refractivity contribution in [3.8, 4) is 5.75 Å². The molecule has 2 N–H and O–H groups in total. The highest BCUT2D eigenvalue weighted by molar-refractivity contribution is 9.10. The SMILES string of the molecule is CC(O)(COc1cc(Br)cc([N+](=O)[O-])c1)C(=O)O. The van der Waals surface area contributed by atoms with Crippen molar-refractivity contribution in [3.63, 3.8) is 0 Å². The summed E-state index contributed by atoms with van der Waals surface area (Å²) in [5.41, 5.74) is -2.26. The van der Waals surface area contributed by atoms with Gasteiger partial charge in [0.2, 0.25) is 0 Å². The number of non-ortho nitro benzene ring substituents is 1. The van der Waals surface area contributed by atoms with Gasteiger partial charge in [0.1, 0.15) is 12.4 Å². The third-order valence-corrected chi connectivity index (χ3v) is 2.51. The first kappa shape index (κ1) is 14.4. The molecule has 0 saturated heterocycles. The number of aliphatic hydroxyl groups is 1. The van der Waals surface area contributed by atoms with Gasteiger partial charge in [-0.25, -0.2) is 4.79 Å². The van der Waals surface area contributed by atoms with Crippen LogP contribution >= 0.6 is 15.9 Å². The van der Waals surface area contributed by atoms with Crippen molar-refractivity contribution in [1.82, 2.24) is 0 Å². The topological polar surface area (TPSA) is 110 Å². The van der Waals surface area contributed by atoms with Crippen LogP contribution in [0.4, 0.5) is 5.69 Å². The molecule has 1 aromatic rings. The molecular weight excluding hydrogens is 310 g/mol. The number of halogens is 1. The summed E-state index contributed by atoms with van der Waals surface area (Å²) in [6.45, 7) is 0.553. The molecule has 0 aromatic heterocycles. The minimum atomic E-state index is -2.06. The van der Waals surface area contributed by atoms with E-state index in [0.29, 0.717) is 4.47 Å². The van der Waals surface area contributed by atoms with Gasteiger partial charge in [0.15, 0.2) is 5.60 Å². The van der Waals surface area contributed by atoms with E-state index in [0.717, 1.165) is 13.0 Å². The molecule has 0 aliphatic heterocycles. The zero-order chi connectivity index (χ0) is 13.9. The van der Waals surface area contributed by atoms with Crippen molar-refractivity contribution >= 4 is 27.6 Å². The number of carbonyl (C=O) groups is 1. The summed E-state index contributed by atoms with van der Waals surface area (Å²) in [4.78, 5) is 20.6. The van der Waals surface area contributed by atoms with Crippen LogP contribution in [-0.4, -0.2) is 33.3 Å². The van der Waals surface area contributed by atoms with Crippen molar-refractivity contribution in [1.29, 1.82) is 0 Å². The average Bonchev–Trinajstić information content (AvgIpc) is 2.25. The lowest BCUT2D eigenvalue weighted by Crippen LogP contribution is -2.41. The number of nitro benzene ring substituents is 1. The number of ether oxygens (including phenoxy) is 1. The Morgan fingerprint density at radius 1 is 1.56 bits per heavy atom. The number of hydrogen-bond donors (Lipinski definition) is 2. The standard InChI is InChI=1S/C10H10BrNO6/c1-10(15,9(13)14)5-18-8-3-6(11)2-7(4-8)12(16)17/h2-4,15H,5H2,1H3,(H,13,14). The Kier molecular flexibility index (Phi) is 4.25. The van der Waals surface area contributed by atoms with E-state index in [9.17, 15) is 20.0 Å². The fourth-order valence-corrected chi connectivity index (χ4v) is 1.48. The molecule has 0 fully saturated rings. The summed E-state index contributed by atoms with van der Waals surface area (Å²) in [6, 6.07) is 3.86. The van der Waals surface area contributed by atoms with Crippen LogP contribution in [0.2, 0.25) is 0 Å². The normalized spacial score (nSPS) is 13.7. The molecule has 0 saturated carbocycles. The quantitative estimate of drug-likeness (QED) is 0.629. The van der Waals surface area contributed by atoms with Gasteiger partial charge in [0, 0.05) is 10.5 Å². The molecule has 0 spiro atoms. The summed E-state index contributed by atoms with van der Waals surface area (Å²) >= 11 is 3.07. The van der Waals surface area contributed by atoms with Crippen LogP contribution in [0.25, 0.3) is 0 Å². The molecule has 0 aliphatic rings. The number of nitro groups is 1. The van der Waals surface area contributed by atoms with E-state index in [1.54, 1.807) is 0 Å². The maximum absolute atomic E-state index is 10.6. The smallest absolute Gasteiger partial charge is 0.339 e. The average molecular weight is 320 g/mol. The van der Waals surface area contributed by atoms with Crippen LogP contribution < -0.4 is 4.74 Å². The summed E-state index contributed by atoms with van der Waals surface area (Å²) < 4.78 is 5.46. The van der Waals surface area contributed by atoms with Crippen molar-refractivity contribution in [3.05, 3.63) is 32.8 Å². The third-order valence-electron chi connectivity index (χ3n) is 2.05. The Hall–Kier alpha value is -1.67. The van der Waals surface area contributed by atoms with Gasteiger partial charge in [-0.05, 0) is 13.0 Å². The molecule has 0 heterocycles. The highest BCUT2D eigenvalue weighted by Crippen LogP contribution is 2.26. The number of rotatable bonds is 5. The Morgan fingerprint density at radius 2 is 2.17 bits per heavy atom. The monoisotopic (exact) mass is 319 g/mol. The minimum absolute atomic E-state index is 0.0950. The molecule has 1 rings (SSSR count). The van der Waals surface area contributed by atoms with Gasteiger partial charge in [0.25, 0.3) is 5.69 Å². The van der Waals surface area contributed by atoms with E-state index >= 15 is 0 Å². The lowest BCUT2D eigenvalue weighted by atomic mass is 10.1. The molecule has 98 valence electrons. The second-order valence-electron chi connectivity index (χ2n) is 3.77. The zero-order valence-electron chi connectivity index (χ0n) is 9.29. The Labute approximate surface area is 110 Å². The first-order chi connectivity index (χ1) is 8.22. The van der Waals surface area contributed by atoms with E-state index in [-0.39, 0.29) is 11.4 Å². The Morgan fingerprint density at radius 3 is 2.67 bits per heavy atom. The van der Waals surface area contributed by atoms with Crippen LogP contribution in [0.15, 0.2) is 22.7 Å². The van der Waals surface area contributed by atoms with Gasteiger partial charge >= 0.3 is 5.97 Å². The summed E-state index contributed by atoms with van der Waals surface area (Å²) in [5.74, 6) is -1.34. The number of hydrogen-bond acceptors (Lipinski definition) is 5. The Bertz CT molecular complexity index is 487. The van der Waals surface area contributed by atoms with Crippen molar-refractivity contribution in [2.45, 2.75) is 12.5 Å². The largest absolute Gasteiger partial charge is 0.490 e. The van der Waals surface area contributed by atoms with E-state index < -0.39 is 23.1 Å². The first-order valence-corrected chi connectivity index (χ1v) is 5.55. The molecule has 1 unspecified atom stereocenters. The summed E-state index contributed by atoms with van der Waals surface area (Å²) in [7, 11) is 0. The first-order valence-electron chi connectivity index (χ1n) is 4.76. The van der Waals surface area contributed by atoms with Crippen LogP contribution in [0.3, 0.4) is 0 Å². The van der Waals surface area contributed by atoms with Crippen LogP contribution in [0.1, 0.15) is 6.92 Å². The number of carboxylic acid groups (broad SMARTS) is 1. The van der Waals surface area contributed by atoms with E-state index in [4.69, 9.17) is 9.84 Å². The molecule has 7 nitrogen and oxygen atoms in total. The number of nitrogens with zero attached hydrogens (tertiary/aromatic N) is 1. The van der Waals surface area contributed by atoms with E-state index in [1.807, 2.05) is 0 Å². The van der Waals surface area contributed by atoms with Crippen molar-refractivity contribution in [2.75, 3.05) is 6.61 Å². The predicted molar refractivity (Wildman–Crippen MR) is 64.6 cm³/mol. The van der Waals surface area contributed by atoms with E-state index in [2.05, 4.69) is 15.9 Å². The van der Waals surface area contributed by atoms with Crippen molar-refractivity contribution in [2.24, 2.45) is 0 Å². The molecule has 1 aromatic carbocycles. The molecule has 0 aliphatic carbocycles. The Balaban J connectivity index is 2.86. The van der Waals surface area contributed by atoms with Crippen molar-refractivity contribution < 1.29 is 24.7 Å². The lowest BCUT2D eigenvalue weighted by molar-refractivity contribution is -0.385. The second kappa shape index (κ2) is 5.32. The molecule has 0 radical (unpaired) electrons. The third kappa shape index (κ3) is 3.67. The van der Waals surface area contributed by atoms with Gasteiger partial charge in [-0.2, -0.15) is 0 Å². The minimum Gasteiger partial charge on any atom is -0.490 e. The van der Waals surface area contributed by atoms with Crippen LogP contribution in [-0.2, 0) is 4.79 Å². The number of aliphatic carboxylic acids is 1. The van der Waals surface area contributed by atoms with E-state index in [1.165, 1.54) is 12.1 Å². The highest BCUT2D eigenvalue weighted by atomic mass is 79.9. The summed E-state index contributed by atoms with van der Waals surface area (Å²) in [5, 5.41) is 28.7. The van der Waals surface area contributed by atoms with Crippen LogP contribution in [0.5, 0.6) is 5.75 Å². The highest BCUT2D eigenvalue weighted by Gasteiger charge is 2.31. The van der Waals surface area contributed by atoms with Gasteiger partial charge in [-0.1, -0.05) is 15.9 Å². The molecule has 1 atom stereocenters. The molecule has 18 heavy (non-hydrogen) atoms. The lowest BCUT2D eigenvalue weighted by Gasteiger charge is -2.18. The maximum Gasteiger partial charge on any atom is 0.339 e. The fraction of sp³-hybridized carbons (Fsp3) is 0.300. The second-order valence-corrected chi connectivity index (χ2v) is 4.69. The number of benzene rings is 1. The van der Waals surface area contributed by atoms with Gasteiger partial charge in [-0.15, -0.1) is 0 Å². The van der Waals surface area contributed by atoms with Gasteiger partial charge < -0.3 is 14.9 Å². The molecular formula is C10H10BrNO6. The fourth-order valence-electron chi connectivity index (χ4n) is 1.02. The number of carboxylic acids is 1. The van der Waals surface area contributed by atoms with Gasteiger partial charge in [0.05, 0.1) is 11.0 Å². The molecule has 8 heteroatoms. The molecule has 0 amide bonds. The maximum atomic E-state index is 10.6. The zero-order valence-corrected chi connectivity index (χ0v) is 10.9. The predicted octanol–water partition coefficient (Wildman–Crippen LogP) is 1.57. The summed E-state index contributed by atoms with van der Waals surface area (Å²) in [6.07, 6.45) is 0. The van der Waals surface area contributed by atoms with Crippen LogP contribution in [0, 0.1) is 10.1 Å². The molecule has 0 bridgehead atoms. The van der Waals surface area contributed by atoms with Gasteiger partial charge in [-0.3, -0.25) is 10.1 Å².